The van der Waals surface area contributed by atoms with E-state index in [2.05, 4.69) is 12.0 Å². The van der Waals surface area contributed by atoms with Crippen molar-refractivity contribution in [1.29, 1.82) is 0 Å². The Balaban J connectivity index is 1.96. The molecular formula is C11H16N2OS2. The first-order valence-corrected chi connectivity index (χ1v) is 7.51. The first-order valence-electron chi connectivity index (χ1n) is 5.41. The highest BCUT2D eigenvalue weighted by atomic mass is 32.2. The Kier molecular flexibility index (Phi) is 3.97. The third kappa shape index (κ3) is 2.83. The van der Waals surface area contributed by atoms with E-state index in [0.717, 1.165) is 11.4 Å². The van der Waals surface area contributed by atoms with Crippen LogP contribution in [0.2, 0.25) is 0 Å². The fourth-order valence-electron chi connectivity index (χ4n) is 1.82. The van der Waals surface area contributed by atoms with E-state index >= 15 is 0 Å². The first kappa shape index (κ1) is 12.0. The second kappa shape index (κ2) is 5.27. The van der Waals surface area contributed by atoms with E-state index in [1.165, 1.54) is 5.75 Å². The lowest BCUT2D eigenvalue weighted by atomic mass is 10.1. The lowest BCUT2D eigenvalue weighted by molar-refractivity contribution is -0.117. The zero-order valence-electron chi connectivity index (χ0n) is 9.55. The second-order valence-electron chi connectivity index (χ2n) is 3.99. The van der Waals surface area contributed by atoms with Crippen LogP contribution in [-0.4, -0.2) is 37.6 Å². The summed E-state index contributed by atoms with van der Waals surface area (Å²) in [7, 11) is 1.88. The van der Waals surface area contributed by atoms with Gasteiger partial charge in [0.2, 0.25) is 0 Å². The average Bonchev–Trinajstić information content (AvgIpc) is 2.64. The zero-order chi connectivity index (χ0) is 11.5. The minimum atomic E-state index is 0.153. The van der Waals surface area contributed by atoms with E-state index < -0.39 is 0 Å². The van der Waals surface area contributed by atoms with Crippen LogP contribution in [0, 0.1) is 0 Å². The van der Waals surface area contributed by atoms with Crippen molar-refractivity contribution in [3.05, 3.63) is 18.0 Å². The number of aromatic nitrogens is 2. The molecule has 0 bridgehead atoms. The highest BCUT2D eigenvalue weighted by Gasteiger charge is 2.28. The number of rotatable bonds is 3. The van der Waals surface area contributed by atoms with Crippen molar-refractivity contribution < 1.29 is 4.79 Å². The molecule has 1 aromatic heterocycles. The Bertz CT molecular complexity index is 378. The molecule has 1 aliphatic heterocycles. The topological polar surface area (TPSA) is 34.9 Å². The normalized spacial score (nSPS) is 25.6. The molecule has 2 rings (SSSR count). The van der Waals surface area contributed by atoms with E-state index in [0.29, 0.717) is 17.5 Å². The molecule has 0 aromatic carbocycles. The number of carbonyl (C=O) groups is 1. The smallest absolute Gasteiger partial charge is 0.152 e. The summed E-state index contributed by atoms with van der Waals surface area (Å²) in [5.41, 5.74) is 0.885. The average molecular weight is 256 g/mol. The van der Waals surface area contributed by atoms with Gasteiger partial charge in [0.05, 0.1) is 17.4 Å². The summed E-state index contributed by atoms with van der Waals surface area (Å²) in [6, 6.07) is 1.92. The molecule has 1 fully saturated rings. The van der Waals surface area contributed by atoms with E-state index in [1.807, 2.05) is 31.1 Å². The number of ketones is 1. The fraction of sp³-hybridized carbons (Fsp3) is 0.636. The molecule has 16 heavy (non-hydrogen) atoms. The third-order valence-corrected chi connectivity index (χ3v) is 5.77. The van der Waals surface area contributed by atoms with Gasteiger partial charge < -0.3 is 0 Å². The second-order valence-corrected chi connectivity index (χ2v) is 6.73. The molecule has 5 heteroatoms. The maximum atomic E-state index is 12.1. The standard InChI is InChI=1S/C11H16N2OS2/c1-8-11(16-6-5-15-8)10(14)7-9-3-4-13(2)12-9/h3-4,8,11H,5-7H2,1-2H3. The maximum absolute atomic E-state index is 12.1. The quantitative estimate of drug-likeness (QED) is 0.825. The van der Waals surface area contributed by atoms with Crippen molar-refractivity contribution in [1.82, 2.24) is 9.78 Å². The summed E-state index contributed by atoms with van der Waals surface area (Å²) in [5, 5.41) is 4.84. The van der Waals surface area contributed by atoms with Crippen LogP contribution in [0.15, 0.2) is 12.3 Å². The van der Waals surface area contributed by atoms with Crippen molar-refractivity contribution in [3.63, 3.8) is 0 Å². The van der Waals surface area contributed by atoms with Crippen LogP contribution in [0.5, 0.6) is 0 Å². The minimum absolute atomic E-state index is 0.153. The zero-order valence-corrected chi connectivity index (χ0v) is 11.2. The molecule has 0 spiro atoms. The highest BCUT2D eigenvalue weighted by Crippen LogP contribution is 2.31. The molecular weight excluding hydrogens is 240 g/mol. The van der Waals surface area contributed by atoms with Gasteiger partial charge in [-0.15, -0.1) is 11.8 Å². The summed E-state index contributed by atoms with van der Waals surface area (Å²) in [6.45, 7) is 2.15. The van der Waals surface area contributed by atoms with Gasteiger partial charge in [0.25, 0.3) is 0 Å². The molecule has 1 aromatic rings. The Morgan fingerprint density at radius 2 is 2.31 bits per heavy atom. The number of aryl methyl sites for hydroxylation is 1. The predicted octanol–water partition coefficient (Wildman–Crippen LogP) is 1.77. The minimum Gasteiger partial charge on any atom is -0.298 e. The van der Waals surface area contributed by atoms with E-state index in [1.54, 1.807) is 16.4 Å². The van der Waals surface area contributed by atoms with Gasteiger partial charge in [0.15, 0.2) is 5.78 Å². The molecule has 0 radical (unpaired) electrons. The van der Waals surface area contributed by atoms with E-state index in [9.17, 15) is 4.79 Å². The number of carbonyl (C=O) groups excluding carboxylic acids is 1. The van der Waals surface area contributed by atoms with Gasteiger partial charge in [-0.25, -0.2) is 0 Å². The van der Waals surface area contributed by atoms with E-state index in [-0.39, 0.29) is 5.25 Å². The largest absolute Gasteiger partial charge is 0.298 e. The third-order valence-electron chi connectivity index (χ3n) is 2.63. The van der Waals surface area contributed by atoms with Crippen LogP contribution in [-0.2, 0) is 18.3 Å². The lowest BCUT2D eigenvalue weighted by Gasteiger charge is -2.26. The van der Waals surface area contributed by atoms with Gasteiger partial charge in [0, 0.05) is 30.0 Å². The Hall–Kier alpha value is -0.420. The van der Waals surface area contributed by atoms with Crippen LogP contribution in [0.25, 0.3) is 0 Å². The van der Waals surface area contributed by atoms with E-state index in [4.69, 9.17) is 0 Å². The molecule has 2 unspecified atom stereocenters. The van der Waals surface area contributed by atoms with Crippen molar-refractivity contribution in [2.24, 2.45) is 7.05 Å². The summed E-state index contributed by atoms with van der Waals surface area (Å²) in [6.07, 6.45) is 2.36. The number of Topliss-reactive ketones (excluding diaryl/α,β-unsaturated/α-hetero) is 1. The summed E-state index contributed by atoms with van der Waals surface area (Å²) in [4.78, 5) is 12.1. The molecule has 0 N–H and O–H groups in total. The van der Waals surface area contributed by atoms with Crippen molar-refractivity contribution >= 4 is 29.3 Å². The van der Waals surface area contributed by atoms with Gasteiger partial charge in [-0.05, 0) is 6.07 Å². The van der Waals surface area contributed by atoms with Gasteiger partial charge in [-0.3, -0.25) is 9.48 Å². The Morgan fingerprint density at radius 3 is 2.94 bits per heavy atom. The van der Waals surface area contributed by atoms with Gasteiger partial charge in [-0.1, -0.05) is 6.92 Å². The monoisotopic (exact) mass is 256 g/mol. The van der Waals surface area contributed by atoms with Crippen molar-refractivity contribution in [2.75, 3.05) is 11.5 Å². The van der Waals surface area contributed by atoms with Gasteiger partial charge in [0.1, 0.15) is 0 Å². The molecule has 3 nitrogen and oxygen atoms in total. The highest BCUT2D eigenvalue weighted by molar-refractivity contribution is 8.07. The number of nitrogens with zero attached hydrogens (tertiary/aromatic N) is 2. The molecule has 1 saturated heterocycles. The molecule has 2 atom stereocenters. The van der Waals surface area contributed by atoms with Gasteiger partial charge >= 0.3 is 0 Å². The Labute approximate surface area is 104 Å². The van der Waals surface area contributed by atoms with Gasteiger partial charge in [-0.2, -0.15) is 16.9 Å². The molecule has 1 aliphatic rings. The molecule has 88 valence electrons. The number of thioether (sulfide) groups is 2. The van der Waals surface area contributed by atoms with Crippen molar-refractivity contribution in [3.8, 4) is 0 Å². The predicted molar refractivity (Wildman–Crippen MR) is 70.1 cm³/mol. The summed E-state index contributed by atoms with van der Waals surface area (Å²) in [5.74, 6) is 2.58. The van der Waals surface area contributed by atoms with Crippen LogP contribution in [0.1, 0.15) is 12.6 Å². The lowest BCUT2D eigenvalue weighted by Crippen LogP contribution is -2.32. The fourth-order valence-corrected chi connectivity index (χ4v) is 4.56. The SMILES string of the molecule is CC1SCCSC1C(=O)Cc1ccn(C)n1. The first-order chi connectivity index (χ1) is 7.66. The van der Waals surface area contributed by atoms with Crippen LogP contribution in [0.4, 0.5) is 0 Å². The molecule has 0 saturated carbocycles. The summed E-state index contributed by atoms with van der Waals surface area (Å²) >= 11 is 3.70. The summed E-state index contributed by atoms with van der Waals surface area (Å²) < 4.78 is 1.74. The molecule has 2 heterocycles. The molecule has 0 aliphatic carbocycles. The maximum Gasteiger partial charge on any atom is 0.152 e. The van der Waals surface area contributed by atoms with Crippen LogP contribution in [0.3, 0.4) is 0 Å². The number of hydrogen-bond donors (Lipinski definition) is 0. The van der Waals surface area contributed by atoms with Crippen LogP contribution < -0.4 is 0 Å². The Morgan fingerprint density at radius 1 is 1.56 bits per heavy atom. The molecule has 0 amide bonds. The van der Waals surface area contributed by atoms with Crippen molar-refractivity contribution in [2.45, 2.75) is 23.8 Å². The number of hydrogen-bond acceptors (Lipinski definition) is 4. The van der Waals surface area contributed by atoms with Crippen LogP contribution >= 0.6 is 23.5 Å².